The molecule has 1 fully saturated rings. The maximum absolute atomic E-state index is 14.9. The molecular formula is C23H28FN5O3. The van der Waals surface area contributed by atoms with Gasteiger partial charge >= 0.3 is 5.63 Å². The van der Waals surface area contributed by atoms with Crippen molar-refractivity contribution in [3.8, 4) is 11.1 Å². The minimum absolute atomic E-state index is 0.0425. The highest BCUT2D eigenvalue weighted by molar-refractivity contribution is 5.72. The number of halogens is 1. The fraction of sp³-hybridized carbons (Fsp3) is 0.391. The molecule has 0 unspecified atom stereocenters. The van der Waals surface area contributed by atoms with E-state index in [2.05, 4.69) is 27.2 Å². The number of nitrogens with one attached hydrogen (secondary N) is 1. The lowest BCUT2D eigenvalue weighted by molar-refractivity contribution is -0.119. The molecule has 0 atom stereocenters. The van der Waals surface area contributed by atoms with Crippen molar-refractivity contribution in [2.45, 2.75) is 26.6 Å². The summed E-state index contributed by atoms with van der Waals surface area (Å²) in [5.41, 5.74) is 0.678. The molecule has 1 aromatic carbocycles. The molecule has 170 valence electrons. The first kappa shape index (κ1) is 21.9. The number of anilines is 1. The number of aryl methyl sites for hydroxylation is 1. The molecule has 1 aliphatic heterocycles. The molecule has 8 nitrogen and oxygen atoms in total. The summed E-state index contributed by atoms with van der Waals surface area (Å²) in [5.74, 6) is -0.600. The van der Waals surface area contributed by atoms with E-state index in [-0.39, 0.29) is 24.0 Å². The second-order valence-electron chi connectivity index (χ2n) is 8.00. The van der Waals surface area contributed by atoms with Gasteiger partial charge in [-0.15, -0.1) is 0 Å². The van der Waals surface area contributed by atoms with E-state index in [0.717, 1.165) is 45.7 Å². The fourth-order valence-electron chi connectivity index (χ4n) is 3.98. The summed E-state index contributed by atoms with van der Waals surface area (Å²) in [6.45, 7) is 6.75. The number of hydrogen-bond donors (Lipinski definition) is 1. The lowest BCUT2D eigenvalue weighted by atomic mass is 10.1. The molecule has 1 saturated heterocycles. The van der Waals surface area contributed by atoms with Crippen LogP contribution in [0.15, 0.2) is 58.2 Å². The van der Waals surface area contributed by atoms with Gasteiger partial charge in [0.2, 0.25) is 5.91 Å². The van der Waals surface area contributed by atoms with Crippen LogP contribution in [0.5, 0.6) is 0 Å². The Kier molecular flexibility index (Phi) is 6.75. The maximum Gasteiger partial charge on any atom is 0.365 e. The Bertz CT molecular complexity index is 1100. The highest BCUT2D eigenvalue weighted by atomic mass is 19.1. The summed E-state index contributed by atoms with van der Waals surface area (Å²) in [6, 6.07) is 8.89. The Morgan fingerprint density at radius 3 is 2.56 bits per heavy atom. The van der Waals surface area contributed by atoms with E-state index in [9.17, 15) is 14.0 Å². The second kappa shape index (κ2) is 9.86. The first-order valence-electron chi connectivity index (χ1n) is 10.8. The number of hydrogen-bond acceptors (Lipinski definition) is 5. The quantitative estimate of drug-likeness (QED) is 0.581. The molecule has 3 heterocycles. The van der Waals surface area contributed by atoms with Gasteiger partial charge in [0.05, 0.1) is 17.4 Å². The second-order valence-corrected chi connectivity index (χ2v) is 8.00. The zero-order valence-electron chi connectivity index (χ0n) is 18.2. The summed E-state index contributed by atoms with van der Waals surface area (Å²) >= 11 is 0. The van der Waals surface area contributed by atoms with Crippen LogP contribution in [-0.2, 0) is 18.0 Å². The zero-order valence-corrected chi connectivity index (χ0v) is 18.2. The van der Waals surface area contributed by atoms with Crippen LogP contribution in [0.2, 0.25) is 0 Å². The van der Waals surface area contributed by atoms with Crippen LogP contribution in [0.4, 0.5) is 10.1 Å². The van der Waals surface area contributed by atoms with Gasteiger partial charge in [0.15, 0.2) is 0 Å². The minimum atomic E-state index is -0.573. The first-order valence-corrected chi connectivity index (χ1v) is 10.8. The molecule has 0 aliphatic carbocycles. The van der Waals surface area contributed by atoms with Gasteiger partial charge < -0.3 is 19.3 Å². The summed E-state index contributed by atoms with van der Waals surface area (Å²) in [4.78, 5) is 27.6. The molecule has 4 rings (SSSR count). The average Bonchev–Trinajstić information content (AvgIpc) is 3.42. The van der Waals surface area contributed by atoms with E-state index in [4.69, 9.17) is 4.52 Å². The van der Waals surface area contributed by atoms with Crippen molar-refractivity contribution in [1.29, 1.82) is 0 Å². The number of carbonyl (C=O) groups excluding carboxylic acids is 1. The van der Waals surface area contributed by atoms with Crippen LogP contribution >= 0.6 is 0 Å². The first-order chi connectivity index (χ1) is 15.5. The Labute approximate surface area is 185 Å². The third-order valence-corrected chi connectivity index (χ3v) is 5.71. The molecule has 0 saturated carbocycles. The number of aromatic nitrogens is 2. The Hall–Kier alpha value is -3.33. The molecule has 2 aromatic heterocycles. The summed E-state index contributed by atoms with van der Waals surface area (Å²) in [7, 11) is 0. The molecule has 3 aromatic rings. The van der Waals surface area contributed by atoms with E-state index in [1.165, 1.54) is 23.9 Å². The minimum Gasteiger partial charge on any atom is -0.367 e. The number of benzene rings is 1. The van der Waals surface area contributed by atoms with E-state index >= 15 is 0 Å². The molecular weight excluding hydrogens is 413 g/mol. The summed E-state index contributed by atoms with van der Waals surface area (Å²) in [6.07, 6.45) is 6.71. The number of piperazine rings is 1. The van der Waals surface area contributed by atoms with Crippen molar-refractivity contribution in [1.82, 2.24) is 19.5 Å². The molecule has 9 heteroatoms. The Morgan fingerprint density at radius 1 is 1.12 bits per heavy atom. The van der Waals surface area contributed by atoms with Crippen molar-refractivity contribution in [2.75, 3.05) is 37.6 Å². The van der Waals surface area contributed by atoms with Crippen molar-refractivity contribution in [2.24, 2.45) is 0 Å². The van der Waals surface area contributed by atoms with Crippen molar-refractivity contribution in [3.63, 3.8) is 0 Å². The van der Waals surface area contributed by atoms with Gasteiger partial charge in [-0.3, -0.25) is 9.69 Å². The van der Waals surface area contributed by atoms with Crippen LogP contribution in [0.25, 0.3) is 11.1 Å². The fourth-order valence-corrected chi connectivity index (χ4v) is 3.98. The van der Waals surface area contributed by atoms with Gasteiger partial charge in [-0.25, -0.2) is 9.18 Å². The lowest BCUT2D eigenvalue weighted by Crippen LogP contribution is -2.47. The van der Waals surface area contributed by atoms with Crippen molar-refractivity contribution >= 4 is 11.6 Å². The normalized spacial score (nSPS) is 14.6. The van der Waals surface area contributed by atoms with E-state index in [1.807, 2.05) is 17.0 Å². The highest BCUT2D eigenvalue weighted by Gasteiger charge is 2.20. The van der Waals surface area contributed by atoms with Gasteiger partial charge in [0, 0.05) is 52.0 Å². The number of rotatable bonds is 8. The molecule has 1 aliphatic rings. The zero-order chi connectivity index (χ0) is 22.5. The molecule has 0 radical (unpaired) electrons. The average molecular weight is 442 g/mol. The van der Waals surface area contributed by atoms with E-state index < -0.39 is 5.63 Å². The van der Waals surface area contributed by atoms with Crippen molar-refractivity contribution in [3.05, 3.63) is 65.2 Å². The lowest BCUT2D eigenvalue weighted by Gasteiger charge is -2.36. The topological polar surface area (TPSA) is 75.7 Å². The van der Waals surface area contributed by atoms with Gasteiger partial charge in [0.1, 0.15) is 12.5 Å². The van der Waals surface area contributed by atoms with E-state index in [1.54, 1.807) is 12.1 Å². The third-order valence-electron chi connectivity index (χ3n) is 5.71. The van der Waals surface area contributed by atoms with Crippen LogP contribution in [0, 0.1) is 5.82 Å². The molecule has 1 amide bonds. The standard InChI is InChI=1S/C23H28FN5O3/c1-18(30)25-17-29-16-20(23(31)32-29)19-5-6-22(21(24)15-19)28-13-11-27(12-14-28)10-4-9-26-7-2-3-8-26/h2-3,5-8,15-16H,4,9-14,17H2,1H3,(H,25,30). The van der Waals surface area contributed by atoms with Crippen LogP contribution < -0.4 is 15.8 Å². The number of amides is 1. The SMILES string of the molecule is CC(=O)NCn1cc(-c2ccc(N3CCN(CCCn4cccc4)CC3)c(F)c2)c(=O)o1. The largest absolute Gasteiger partial charge is 0.367 e. The predicted molar refractivity (Wildman–Crippen MR) is 120 cm³/mol. The van der Waals surface area contributed by atoms with Crippen molar-refractivity contribution < 1.29 is 13.7 Å². The highest BCUT2D eigenvalue weighted by Crippen LogP contribution is 2.26. The Balaban J connectivity index is 1.34. The predicted octanol–water partition coefficient (Wildman–Crippen LogP) is 2.35. The van der Waals surface area contributed by atoms with E-state index in [0.29, 0.717) is 11.3 Å². The van der Waals surface area contributed by atoms with Crippen LogP contribution in [0.3, 0.4) is 0 Å². The molecule has 0 spiro atoms. The number of carbonyl (C=O) groups is 1. The Morgan fingerprint density at radius 2 is 1.88 bits per heavy atom. The third kappa shape index (κ3) is 5.28. The maximum atomic E-state index is 14.9. The van der Waals surface area contributed by atoms with Crippen LogP contribution in [-0.4, -0.2) is 52.8 Å². The molecule has 32 heavy (non-hydrogen) atoms. The van der Waals surface area contributed by atoms with Gasteiger partial charge in [-0.1, -0.05) is 6.07 Å². The summed E-state index contributed by atoms with van der Waals surface area (Å²) < 4.78 is 23.4. The van der Waals surface area contributed by atoms with Gasteiger partial charge in [-0.05, 0) is 42.8 Å². The number of nitrogens with zero attached hydrogens (tertiary/aromatic N) is 4. The smallest absolute Gasteiger partial charge is 0.365 e. The summed E-state index contributed by atoms with van der Waals surface area (Å²) in [5, 5.41) is 2.55. The monoisotopic (exact) mass is 441 g/mol. The van der Waals surface area contributed by atoms with Gasteiger partial charge in [0.25, 0.3) is 0 Å². The molecule has 0 bridgehead atoms. The molecule has 1 N–H and O–H groups in total. The van der Waals surface area contributed by atoms with Crippen LogP contribution in [0.1, 0.15) is 13.3 Å². The van der Waals surface area contributed by atoms with Gasteiger partial charge in [-0.2, -0.15) is 4.74 Å².